The third kappa shape index (κ3) is 3.54. The van der Waals surface area contributed by atoms with Crippen molar-refractivity contribution in [3.05, 3.63) is 12.4 Å². The number of rotatable bonds is 4. The molecule has 6 heteroatoms. The summed E-state index contributed by atoms with van der Waals surface area (Å²) in [6.07, 6.45) is 3.52. The SMILES string of the molecule is CCn1cc(NC(=O)CN2CCNCC2)cn1. The minimum atomic E-state index is 0.0301. The Morgan fingerprint density at radius 2 is 2.29 bits per heavy atom. The molecule has 0 bridgehead atoms. The van der Waals surface area contributed by atoms with E-state index in [2.05, 4.69) is 20.6 Å². The van der Waals surface area contributed by atoms with Crippen LogP contribution in [0.4, 0.5) is 5.69 Å². The van der Waals surface area contributed by atoms with Gasteiger partial charge in [0.25, 0.3) is 0 Å². The Bertz CT molecular complexity index is 370. The van der Waals surface area contributed by atoms with Gasteiger partial charge in [-0.05, 0) is 6.92 Å². The molecule has 2 heterocycles. The smallest absolute Gasteiger partial charge is 0.238 e. The lowest BCUT2D eigenvalue weighted by Gasteiger charge is -2.26. The lowest BCUT2D eigenvalue weighted by molar-refractivity contribution is -0.117. The molecule has 2 N–H and O–H groups in total. The fourth-order valence-corrected chi connectivity index (χ4v) is 1.87. The van der Waals surface area contributed by atoms with E-state index in [4.69, 9.17) is 0 Å². The predicted molar refractivity (Wildman–Crippen MR) is 65.8 cm³/mol. The van der Waals surface area contributed by atoms with Gasteiger partial charge < -0.3 is 10.6 Å². The standard InChI is InChI=1S/C11H19N5O/c1-2-16-8-10(7-13-16)14-11(17)9-15-5-3-12-4-6-15/h7-8,12H,2-6,9H2,1H3,(H,14,17). The van der Waals surface area contributed by atoms with Crippen LogP contribution in [0.3, 0.4) is 0 Å². The zero-order chi connectivity index (χ0) is 12.1. The number of nitrogens with one attached hydrogen (secondary N) is 2. The van der Waals surface area contributed by atoms with Crippen LogP contribution in [0.25, 0.3) is 0 Å². The van der Waals surface area contributed by atoms with Crippen molar-refractivity contribution >= 4 is 11.6 Å². The van der Waals surface area contributed by atoms with Crippen molar-refractivity contribution in [2.45, 2.75) is 13.5 Å². The summed E-state index contributed by atoms with van der Waals surface area (Å²) in [5, 5.41) is 10.2. The molecular formula is C11H19N5O. The highest BCUT2D eigenvalue weighted by Gasteiger charge is 2.13. The van der Waals surface area contributed by atoms with E-state index in [0.717, 1.165) is 38.4 Å². The molecule has 94 valence electrons. The van der Waals surface area contributed by atoms with Gasteiger partial charge in [0.05, 0.1) is 18.4 Å². The molecule has 6 nitrogen and oxygen atoms in total. The van der Waals surface area contributed by atoms with Crippen molar-refractivity contribution in [3.8, 4) is 0 Å². The molecule has 1 aliphatic rings. The zero-order valence-electron chi connectivity index (χ0n) is 10.1. The Hall–Kier alpha value is -1.40. The van der Waals surface area contributed by atoms with Gasteiger partial charge in [0.1, 0.15) is 0 Å². The van der Waals surface area contributed by atoms with Crippen LogP contribution in [0, 0.1) is 0 Å². The average molecular weight is 237 g/mol. The summed E-state index contributed by atoms with van der Waals surface area (Å²) in [4.78, 5) is 13.9. The van der Waals surface area contributed by atoms with Gasteiger partial charge in [0.2, 0.25) is 5.91 Å². The molecule has 17 heavy (non-hydrogen) atoms. The maximum Gasteiger partial charge on any atom is 0.238 e. The second-order valence-electron chi connectivity index (χ2n) is 4.16. The van der Waals surface area contributed by atoms with Crippen molar-refractivity contribution in [1.82, 2.24) is 20.0 Å². The van der Waals surface area contributed by atoms with Gasteiger partial charge in [0, 0.05) is 38.9 Å². The second kappa shape index (κ2) is 5.79. The highest BCUT2D eigenvalue weighted by molar-refractivity contribution is 5.91. The highest BCUT2D eigenvalue weighted by Crippen LogP contribution is 2.04. The van der Waals surface area contributed by atoms with Crippen molar-refractivity contribution < 1.29 is 4.79 Å². The third-order valence-corrected chi connectivity index (χ3v) is 2.82. The number of carbonyl (C=O) groups is 1. The first-order chi connectivity index (χ1) is 8.28. The van der Waals surface area contributed by atoms with Gasteiger partial charge in [-0.2, -0.15) is 5.10 Å². The number of aryl methyl sites for hydroxylation is 1. The molecule has 1 amide bonds. The molecule has 1 saturated heterocycles. The van der Waals surface area contributed by atoms with Crippen molar-refractivity contribution in [3.63, 3.8) is 0 Å². The number of nitrogens with zero attached hydrogens (tertiary/aromatic N) is 3. The highest BCUT2D eigenvalue weighted by atomic mass is 16.2. The molecular weight excluding hydrogens is 218 g/mol. The van der Waals surface area contributed by atoms with Crippen LogP contribution in [0.2, 0.25) is 0 Å². The van der Waals surface area contributed by atoms with Gasteiger partial charge in [-0.1, -0.05) is 0 Å². The summed E-state index contributed by atoms with van der Waals surface area (Å²) in [5.74, 6) is 0.0301. The third-order valence-electron chi connectivity index (χ3n) is 2.82. The second-order valence-corrected chi connectivity index (χ2v) is 4.16. The summed E-state index contributed by atoms with van der Waals surface area (Å²) in [7, 11) is 0. The van der Waals surface area contributed by atoms with Crippen LogP contribution >= 0.6 is 0 Å². The first-order valence-electron chi connectivity index (χ1n) is 6.03. The van der Waals surface area contributed by atoms with E-state index in [-0.39, 0.29) is 5.91 Å². The summed E-state index contributed by atoms with van der Waals surface area (Å²) < 4.78 is 1.79. The van der Waals surface area contributed by atoms with Crippen LogP contribution in [-0.4, -0.2) is 53.3 Å². The number of carbonyl (C=O) groups excluding carboxylic acids is 1. The van der Waals surface area contributed by atoms with E-state index in [0.29, 0.717) is 6.54 Å². The Labute approximate surface area is 101 Å². The summed E-state index contributed by atoms with van der Waals surface area (Å²) in [6.45, 7) is 7.07. The molecule has 0 aliphatic carbocycles. The van der Waals surface area contributed by atoms with Gasteiger partial charge in [-0.15, -0.1) is 0 Å². The van der Waals surface area contributed by atoms with E-state index in [9.17, 15) is 4.79 Å². The van der Waals surface area contributed by atoms with Crippen LogP contribution in [-0.2, 0) is 11.3 Å². The van der Waals surface area contributed by atoms with Crippen LogP contribution < -0.4 is 10.6 Å². The van der Waals surface area contributed by atoms with E-state index >= 15 is 0 Å². The Morgan fingerprint density at radius 3 is 2.94 bits per heavy atom. The average Bonchev–Trinajstić information content (AvgIpc) is 2.78. The number of hydrogen-bond donors (Lipinski definition) is 2. The van der Waals surface area contributed by atoms with E-state index in [1.807, 2.05) is 13.1 Å². The molecule has 1 aliphatic heterocycles. The largest absolute Gasteiger partial charge is 0.322 e. The Morgan fingerprint density at radius 1 is 1.53 bits per heavy atom. The van der Waals surface area contributed by atoms with Crippen LogP contribution in [0.1, 0.15) is 6.92 Å². The van der Waals surface area contributed by atoms with E-state index in [1.165, 1.54) is 0 Å². The summed E-state index contributed by atoms with van der Waals surface area (Å²) in [5.41, 5.74) is 0.770. The Kier molecular flexibility index (Phi) is 4.11. The molecule has 0 spiro atoms. The number of amides is 1. The van der Waals surface area contributed by atoms with Gasteiger partial charge >= 0.3 is 0 Å². The van der Waals surface area contributed by atoms with Gasteiger partial charge in [0.15, 0.2) is 0 Å². The molecule has 2 rings (SSSR count). The number of piperazine rings is 1. The minimum absolute atomic E-state index is 0.0301. The van der Waals surface area contributed by atoms with Crippen molar-refractivity contribution in [2.75, 3.05) is 38.0 Å². The molecule has 1 aromatic heterocycles. The van der Waals surface area contributed by atoms with Crippen LogP contribution in [0.5, 0.6) is 0 Å². The van der Waals surface area contributed by atoms with Gasteiger partial charge in [-0.25, -0.2) is 0 Å². The summed E-state index contributed by atoms with van der Waals surface area (Å²) >= 11 is 0. The minimum Gasteiger partial charge on any atom is -0.322 e. The lowest BCUT2D eigenvalue weighted by atomic mass is 10.3. The number of hydrogen-bond acceptors (Lipinski definition) is 4. The quantitative estimate of drug-likeness (QED) is 0.758. The summed E-state index contributed by atoms with van der Waals surface area (Å²) in [6, 6.07) is 0. The normalized spacial score (nSPS) is 17.0. The first kappa shape index (κ1) is 12.1. The fraction of sp³-hybridized carbons (Fsp3) is 0.636. The molecule has 0 unspecified atom stereocenters. The van der Waals surface area contributed by atoms with E-state index < -0.39 is 0 Å². The molecule has 0 aromatic carbocycles. The topological polar surface area (TPSA) is 62.2 Å². The monoisotopic (exact) mass is 237 g/mol. The van der Waals surface area contributed by atoms with Crippen molar-refractivity contribution in [2.24, 2.45) is 0 Å². The molecule has 1 aromatic rings. The maximum absolute atomic E-state index is 11.8. The number of aromatic nitrogens is 2. The molecule has 1 fully saturated rings. The molecule has 0 saturated carbocycles. The first-order valence-corrected chi connectivity index (χ1v) is 6.03. The predicted octanol–water partition coefficient (Wildman–Crippen LogP) is -0.253. The van der Waals surface area contributed by atoms with Gasteiger partial charge in [-0.3, -0.25) is 14.4 Å². The maximum atomic E-state index is 11.8. The van der Waals surface area contributed by atoms with Crippen LogP contribution in [0.15, 0.2) is 12.4 Å². The van der Waals surface area contributed by atoms with E-state index in [1.54, 1.807) is 10.9 Å². The number of anilines is 1. The zero-order valence-corrected chi connectivity index (χ0v) is 10.1. The molecule has 0 atom stereocenters. The van der Waals surface area contributed by atoms with Crippen molar-refractivity contribution in [1.29, 1.82) is 0 Å². The fourth-order valence-electron chi connectivity index (χ4n) is 1.87. The lowest BCUT2D eigenvalue weighted by Crippen LogP contribution is -2.46. The molecule has 0 radical (unpaired) electrons. The Balaban J connectivity index is 1.79.